The molecule has 0 saturated heterocycles. The summed E-state index contributed by atoms with van der Waals surface area (Å²) in [6.45, 7) is 5.97. The van der Waals surface area contributed by atoms with Crippen LogP contribution >= 0.6 is 11.3 Å². The third-order valence-electron chi connectivity index (χ3n) is 5.09. The van der Waals surface area contributed by atoms with E-state index >= 15 is 0 Å². The number of thiophene rings is 1. The molecule has 0 aliphatic heterocycles. The quantitative estimate of drug-likeness (QED) is 0.237. The highest BCUT2D eigenvalue weighted by molar-refractivity contribution is 7.91. The summed E-state index contributed by atoms with van der Waals surface area (Å²) in [4.78, 5) is 15.2. The molecule has 4 aromatic rings. The number of fused-ring (bicyclic) bond motifs is 1. The molecule has 2 aromatic carbocycles. The summed E-state index contributed by atoms with van der Waals surface area (Å²) < 4.78 is 27.9. The maximum Gasteiger partial charge on any atom is 0.322 e. The topological polar surface area (TPSA) is 140 Å². The van der Waals surface area contributed by atoms with Crippen LogP contribution in [0.2, 0.25) is 0 Å². The van der Waals surface area contributed by atoms with E-state index in [1.54, 1.807) is 6.07 Å². The molecule has 1 atom stereocenters. The Hall–Kier alpha value is -3.78. The molecule has 1 unspecified atom stereocenters. The van der Waals surface area contributed by atoms with E-state index in [2.05, 4.69) is 21.5 Å². The number of aryl methyl sites for hydroxylation is 1. The number of phenols is 2. The van der Waals surface area contributed by atoms with Gasteiger partial charge in [0.05, 0.1) is 10.4 Å². The smallest absolute Gasteiger partial charge is 0.322 e. The van der Waals surface area contributed by atoms with Gasteiger partial charge in [-0.2, -0.15) is 4.72 Å². The number of hydrogen-bond donors (Lipinski definition) is 5. The van der Waals surface area contributed by atoms with Crippen LogP contribution in [0.5, 0.6) is 11.5 Å². The van der Waals surface area contributed by atoms with Gasteiger partial charge in [0.15, 0.2) is 0 Å². The minimum atomic E-state index is -4.13. The standard InChI is InChI=1S/C24H20N2O6S2.C2H6/c1-14-2-4-15(5-3-14)6-7-18-8-9-22(33-18)34(31,32)26-20(24(29)30)10-16-13-25-23-19(16)11-17(27)12-21(23)28;1-2/h2-5,8-9,11-13,20,25-28H,10H2,1H3,(H,29,30);1-2H3. The monoisotopic (exact) mass is 526 g/mol. The lowest BCUT2D eigenvalue weighted by Crippen LogP contribution is -2.41. The van der Waals surface area contributed by atoms with Crippen molar-refractivity contribution in [2.75, 3.05) is 0 Å². The lowest BCUT2D eigenvalue weighted by molar-refractivity contribution is -0.138. The fourth-order valence-corrected chi connectivity index (χ4v) is 5.74. The Morgan fingerprint density at radius 1 is 1.08 bits per heavy atom. The third-order valence-corrected chi connectivity index (χ3v) is 8.05. The predicted molar refractivity (Wildman–Crippen MR) is 140 cm³/mol. The summed E-state index contributed by atoms with van der Waals surface area (Å²) in [6.07, 6.45) is 1.26. The van der Waals surface area contributed by atoms with E-state index in [0.717, 1.165) is 28.5 Å². The molecule has 188 valence electrons. The zero-order valence-corrected chi connectivity index (χ0v) is 21.5. The molecule has 5 N–H and O–H groups in total. The molecule has 0 spiro atoms. The predicted octanol–water partition coefficient (Wildman–Crippen LogP) is 4.35. The second-order valence-electron chi connectivity index (χ2n) is 7.65. The number of aliphatic carboxylic acids is 1. The number of carbonyl (C=O) groups is 1. The summed E-state index contributed by atoms with van der Waals surface area (Å²) in [7, 11) is -4.13. The third kappa shape index (κ3) is 6.26. The van der Waals surface area contributed by atoms with Crippen molar-refractivity contribution >= 4 is 38.2 Å². The summed E-state index contributed by atoms with van der Waals surface area (Å²) in [5.41, 5.74) is 2.64. The number of carboxylic acid groups (broad SMARTS) is 1. The SMILES string of the molecule is CC.Cc1ccc(C#Cc2ccc(S(=O)(=O)NC(Cc3c[nH]c4c(O)cc(O)cc34)C(=O)O)s2)cc1. The molecule has 2 aromatic heterocycles. The molecular weight excluding hydrogens is 500 g/mol. The van der Waals surface area contributed by atoms with Crippen LogP contribution in [0.15, 0.2) is 58.9 Å². The Labute approximate surface area is 213 Å². The maximum atomic E-state index is 12.9. The highest BCUT2D eigenvalue weighted by atomic mass is 32.2. The zero-order chi connectivity index (χ0) is 26.5. The van der Waals surface area contributed by atoms with Gasteiger partial charge >= 0.3 is 5.97 Å². The molecule has 8 nitrogen and oxygen atoms in total. The van der Waals surface area contributed by atoms with E-state index in [4.69, 9.17) is 0 Å². The molecular formula is C26H26N2O6S2. The molecule has 36 heavy (non-hydrogen) atoms. The van der Waals surface area contributed by atoms with E-state index in [0.29, 0.717) is 21.3 Å². The number of rotatable bonds is 6. The molecule has 0 aliphatic carbocycles. The summed E-state index contributed by atoms with van der Waals surface area (Å²) in [5, 5.41) is 29.7. The Bertz CT molecular complexity index is 1540. The minimum Gasteiger partial charge on any atom is -0.508 e. The Balaban J connectivity index is 0.00000176. The number of aromatic nitrogens is 1. The van der Waals surface area contributed by atoms with Crippen molar-refractivity contribution in [1.29, 1.82) is 0 Å². The van der Waals surface area contributed by atoms with E-state index in [1.807, 2.05) is 45.0 Å². The number of phenolic OH excluding ortho intramolecular Hbond substituents is 2. The van der Waals surface area contributed by atoms with Crippen LogP contribution in [-0.4, -0.2) is 40.7 Å². The second-order valence-corrected chi connectivity index (χ2v) is 10.7. The molecule has 10 heteroatoms. The molecule has 0 radical (unpaired) electrons. The van der Waals surface area contributed by atoms with E-state index in [-0.39, 0.29) is 22.1 Å². The molecule has 0 saturated carbocycles. The molecule has 0 bridgehead atoms. The number of carboxylic acids is 1. The van der Waals surface area contributed by atoms with Gasteiger partial charge in [0, 0.05) is 29.6 Å². The summed E-state index contributed by atoms with van der Waals surface area (Å²) in [6, 6.07) is 11.6. The highest BCUT2D eigenvalue weighted by Crippen LogP contribution is 2.32. The van der Waals surface area contributed by atoms with Crippen molar-refractivity contribution in [2.24, 2.45) is 0 Å². The van der Waals surface area contributed by atoms with Crippen molar-refractivity contribution in [3.63, 3.8) is 0 Å². The fraction of sp³-hybridized carbons (Fsp3) is 0.192. The summed E-state index contributed by atoms with van der Waals surface area (Å²) in [5.74, 6) is 4.14. The number of aromatic amines is 1. The lowest BCUT2D eigenvalue weighted by Gasteiger charge is -2.14. The average Bonchev–Trinajstić information content (AvgIpc) is 3.48. The van der Waals surface area contributed by atoms with Crippen molar-refractivity contribution in [2.45, 2.75) is 37.4 Å². The molecule has 2 heterocycles. The Kier molecular flexibility index (Phi) is 8.42. The molecule has 0 amide bonds. The summed E-state index contributed by atoms with van der Waals surface area (Å²) >= 11 is 0.941. The van der Waals surface area contributed by atoms with Crippen LogP contribution in [0.25, 0.3) is 10.9 Å². The van der Waals surface area contributed by atoms with Gasteiger partial charge in [0.2, 0.25) is 0 Å². The first kappa shape index (κ1) is 26.8. The molecule has 0 aliphatic rings. The maximum absolute atomic E-state index is 12.9. The first-order valence-corrected chi connectivity index (χ1v) is 13.4. The number of H-pyrrole nitrogens is 1. The number of sulfonamides is 1. The van der Waals surface area contributed by atoms with Gasteiger partial charge in [-0.05, 0) is 42.8 Å². The first-order chi connectivity index (χ1) is 17.1. The molecule has 0 fully saturated rings. The van der Waals surface area contributed by atoms with Crippen molar-refractivity contribution < 1.29 is 28.5 Å². The van der Waals surface area contributed by atoms with Gasteiger partial charge in [-0.25, -0.2) is 8.42 Å². The number of hydrogen-bond acceptors (Lipinski definition) is 6. The van der Waals surface area contributed by atoms with Crippen LogP contribution in [0.4, 0.5) is 0 Å². The Morgan fingerprint density at radius 2 is 1.78 bits per heavy atom. The van der Waals surface area contributed by atoms with Gasteiger partial charge in [0.25, 0.3) is 10.0 Å². The van der Waals surface area contributed by atoms with Gasteiger partial charge in [-0.15, -0.1) is 11.3 Å². The van der Waals surface area contributed by atoms with E-state index < -0.39 is 22.0 Å². The first-order valence-electron chi connectivity index (χ1n) is 11.1. The van der Waals surface area contributed by atoms with Gasteiger partial charge < -0.3 is 20.3 Å². The normalized spacial score (nSPS) is 11.8. The average molecular weight is 527 g/mol. The van der Waals surface area contributed by atoms with Gasteiger partial charge in [-0.3, -0.25) is 4.79 Å². The van der Waals surface area contributed by atoms with Crippen LogP contribution in [0, 0.1) is 18.8 Å². The van der Waals surface area contributed by atoms with E-state index in [9.17, 15) is 28.5 Å². The largest absolute Gasteiger partial charge is 0.508 e. The van der Waals surface area contributed by atoms with Crippen LogP contribution < -0.4 is 4.72 Å². The zero-order valence-electron chi connectivity index (χ0n) is 19.9. The lowest BCUT2D eigenvalue weighted by atomic mass is 10.1. The highest BCUT2D eigenvalue weighted by Gasteiger charge is 2.28. The van der Waals surface area contributed by atoms with Gasteiger partial charge in [0.1, 0.15) is 21.8 Å². The number of benzene rings is 2. The Morgan fingerprint density at radius 3 is 2.44 bits per heavy atom. The number of nitrogens with one attached hydrogen (secondary N) is 2. The van der Waals surface area contributed by atoms with Crippen molar-refractivity contribution in [3.05, 3.63) is 76.3 Å². The van der Waals surface area contributed by atoms with Crippen molar-refractivity contribution in [3.8, 4) is 23.3 Å². The fourth-order valence-electron chi connectivity index (χ4n) is 3.37. The molecule has 4 rings (SSSR count). The second kappa shape index (κ2) is 11.3. The van der Waals surface area contributed by atoms with Crippen molar-refractivity contribution in [1.82, 2.24) is 9.71 Å². The van der Waals surface area contributed by atoms with Crippen LogP contribution in [-0.2, 0) is 21.2 Å². The minimum absolute atomic E-state index is 0.0545. The van der Waals surface area contributed by atoms with Gasteiger partial charge in [-0.1, -0.05) is 43.4 Å². The number of aromatic hydroxyl groups is 2. The van der Waals surface area contributed by atoms with E-state index in [1.165, 1.54) is 18.3 Å². The van der Waals surface area contributed by atoms with Crippen LogP contribution in [0.3, 0.4) is 0 Å². The van der Waals surface area contributed by atoms with Crippen LogP contribution in [0.1, 0.15) is 35.4 Å².